The van der Waals surface area contributed by atoms with Crippen LogP contribution < -0.4 is 0 Å². The highest BCUT2D eigenvalue weighted by molar-refractivity contribution is 6.05. The molecule has 62 heavy (non-hydrogen) atoms. The second-order valence-corrected chi connectivity index (χ2v) is 24.1. The molecular formula is C54H50O8. The Labute approximate surface area is 360 Å². The number of hydrogen-bond acceptors (Lipinski definition) is 8. The zero-order valence-corrected chi connectivity index (χ0v) is 34.6. The molecule has 4 aliphatic heterocycles. The van der Waals surface area contributed by atoms with Gasteiger partial charge in [-0.15, -0.1) is 0 Å². The van der Waals surface area contributed by atoms with Crippen molar-refractivity contribution in [3.05, 3.63) is 95.2 Å². The van der Waals surface area contributed by atoms with Gasteiger partial charge in [0.1, 0.15) is 0 Å². The van der Waals surface area contributed by atoms with Gasteiger partial charge in [0.25, 0.3) is 0 Å². The normalized spacial score (nSPS) is 63.0. The molecule has 4 saturated heterocycles. The third kappa shape index (κ3) is 2.96. The summed E-state index contributed by atoms with van der Waals surface area (Å²) in [6.45, 7) is 3.18. The molecule has 4 heterocycles. The first-order valence-corrected chi connectivity index (χ1v) is 24.6. The van der Waals surface area contributed by atoms with E-state index in [1.165, 1.54) is 22.3 Å². The second kappa shape index (κ2) is 10.0. The predicted molar refractivity (Wildman–Crippen MR) is 218 cm³/mol. The van der Waals surface area contributed by atoms with Crippen molar-refractivity contribution in [2.45, 2.75) is 25.7 Å². The Morgan fingerprint density at radius 1 is 0.339 bits per heavy atom. The molecule has 8 fully saturated rings. The van der Waals surface area contributed by atoms with Crippen LogP contribution >= 0.6 is 0 Å². The van der Waals surface area contributed by atoms with E-state index in [1.807, 2.05) is 0 Å². The van der Waals surface area contributed by atoms with Gasteiger partial charge >= 0.3 is 23.9 Å². The van der Waals surface area contributed by atoms with Crippen LogP contribution in [0.3, 0.4) is 0 Å². The van der Waals surface area contributed by atoms with Gasteiger partial charge in [-0.3, -0.25) is 19.2 Å². The van der Waals surface area contributed by atoms with E-state index < -0.39 is 21.7 Å². The zero-order valence-electron chi connectivity index (χ0n) is 34.6. The van der Waals surface area contributed by atoms with Gasteiger partial charge in [-0.05, 0) is 132 Å². The monoisotopic (exact) mass is 826 g/mol. The van der Waals surface area contributed by atoms with Crippen LogP contribution in [-0.4, -0.2) is 50.3 Å². The van der Waals surface area contributed by atoms with Crippen molar-refractivity contribution in [3.63, 3.8) is 0 Å². The van der Waals surface area contributed by atoms with E-state index in [0.29, 0.717) is 109 Å². The molecule has 0 N–H and O–H groups in total. The second-order valence-electron chi connectivity index (χ2n) is 24.1. The Balaban J connectivity index is 0.768. The molecule has 0 spiro atoms. The maximum Gasteiger partial charge on any atom is 0.321 e. The lowest BCUT2D eigenvalue weighted by Gasteiger charge is -2.71. The highest BCUT2D eigenvalue weighted by Crippen LogP contribution is 2.83. The van der Waals surface area contributed by atoms with Gasteiger partial charge in [0.05, 0.1) is 48.1 Å². The lowest BCUT2D eigenvalue weighted by Crippen LogP contribution is -2.71. The summed E-state index contributed by atoms with van der Waals surface area (Å²) >= 11 is 0. The number of ether oxygens (including phenoxy) is 4. The molecule has 0 aromatic heterocycles. The highest BCUT2D eigenvalue weighted by Gasteiger charge is 2.85. The Hall–Kier alpha value is -3.88. The van der Waals surface area contributed by atoms with E-state index in [-0.39, 0.29) is 71.2 Å². The topological polar surface area (TPSA) is 105 Å². The van der Waals surface area contributed by atoms with Gasteiger partial charge in [0, 0.05) is 23.7 Å². The smallest absolute Gasteiger partial charge is 0.321 e. The van der Waals surface area contributed by atoms with E-state index in [2.05, 4.69) is 72.9 Å². The van der Waals surface area contributed by atoms with Crippen LogP contribution in [0.4, 0.5) is 0 Å². The summed E-state index contributed by atoms with van der Waals surface area (Å²) in [5.74, 6) is 4.72. The molecule has 4 saturated carbocycles. The van der Waals surface area contributed by atoms with Crippen LogP contribution in [0, 0.1) is 152 Å². The maximum atomic E-state index is 14.8. The van der Waals surface area contributed by atoms with Crippen LogP contribution in [0.2, 0.25) is 0 Å². The fourth-order valence-electron chi connectivity index (χ4n) is 22.6. The zero-order chi connectivity index (χ0) is 40.3. The molecule has 24 rings (SSSR count). The fraction of sp³-hybridized carbons (Fsp3) is 0.630. The Morgan fingerprint density at radius 2 is 0.597 bits per heavy atom. The van der Waals surface area contributed by atoms with Crippen molar-refractivity contribution >= 4 is 23.9 Å². The molecule has 24 aliphatic rings. The first kappa shape index (κ1) is 33.6. The van der Waals surface area contributed by atoms with Gasteiger partial charge in [-0.2, -0.15) is 0 Å². The summed E-state index contributed by atoms with van der Waals surface area (Å²) in [4.78, 5) is 59.4. The quantitative estimate of drug-likeness (QED) is 0.157. The van der Waals surface area contributed by atoms with Gasteiger partial charge in [0.2, 0.25) is 0 Å². The summed E-state index contributed by atoms with van der Waals surface area (Å²) < 4.78 is 24.5. The summed E-state index contributed by atoms with van der Waals surface area (Å²) in [5, 5.41) is 0. The fourth-order valence-corrected chi connectivity index (χ4v) is 22.6. The van der Waals surface area contributed by atoms with Gasteiger partial charge < -0.3 is 18.9 Å². The average molecular weight is 827 g/mol. The molecule has 12 bridgehead atoms. The van der Waals surface area contributed by atoms with E-state index in [1.54, 1.807) is 0 Å². The summed E-state index contributed by atoms with van der Waals surface area (Å²) in [6.07, 6.45) is 31.7. The third-order valence-electron chi connectivity index (χ3n) is 24.0. The number of carbonyl (C=O) groups is 4. The lowest BCUT2D eigenvalue weighted by atomic mass is 9.29. The number of esters is 4. The van der Waals surface area contributed by atoms with Crippen molar-refractivity contribution in [2.75, 3.05) is 26.4 Å². The average Bonchev–Trinajstić information content (AvgIpc) is 4.11. The van der Waals surface area contributed by atoms with E-state index >= 15 is 0 Å². The van der Waals surface area contributed by atoms with Crippen LogP contribution in [0.5, 0.6) is 0 Å². The molecule has 0 aromatic rings. The molecule has 0 aromatic carbocycles. The van der Waals surface area contributed by atoms with Crippen molar-refractivity contribution < 1.29 is 38.1 Å². The van der Waals surface area contributed by atoms with Crippen LogP contribution in [-0.2, 0) is 38.1 Å². The van der Waals surface area contributed by atoms with Crippen LogP contribution in [0.25, 0.3) is 0 Å². The SMILES string of the molecule is O=C1OC(=O)[C@@]23CC4=C(C[C@@]12[C@@H]1C=C[C@H]3C2C1[C@@H]1C=C[C@H]2C2COCC21)[C@@H]1C=C[C@H]4C2C1[C@@H]1C=C[C@H]2C2=C1C[C@@]13C(=O)OC(=O)[C@]1(C2)[C@H]1C=C[C@@H]3C2C1[C@H]1C=C[C@@H]2C2COCC21. The van der Waals surface area contributed by atoms with Crippen molar-refractivity contribution in [2.24, 2.45) is 152 Å². The highest BCUT2D eigenvalue weighted by atomic mass is 16.6. The van der Waals surface area contributed by atoms with Crippen molar-refractivity contribution in [1.82, 2.24) is 0 Å². The number of carbonyl (C=O) groups excluding carboxylic acids is 4. The Morgan fingerprint density at radius 3 is 0.855 bits per heavy atom. The lowest BCUT2D eigenvalue weighted by molar-refractivity contribution is -0.193. The van der Waals surface area contributed by atoms with Gasteiger partial charge in [-0.1, -0.05) is 95.2 Å². The van der Waals surface area contributed by atoms with E-state index in [9.17, 15) is 19.2 Å². The van der Waals surface area contributed by atoms with E-state index in [0.717, 1.165) is 26.4 Å². The van der Waals surface area contributed by atoms with Crippen LogP contribution in [0.15, 0.2) is 95.2 Å². The molecule has 26 atom stereocenters. The number of hydrogen-bond donors (Lipinski definition) is 0. The largest absolute Gasteiger partial charge is 0.392 e. The molecule has 8 heteroatoms. The minimum Gasteiger partial charge on any atom is -0.392 e. The van der Waals surface area contributed by atoms with Gasteiger partial charge in [0.15, 0.2) is 0 Å². The Bertz CT molecular complexity index is 2300. The molecule has 0 radical (unpaired) electrons. The maximum absolute atomic E-state index is 14.8. The number of cyclic esters (lactones) is 4. The number of rotatable bonds is 0. The molecule has 0 amide bonds. The molecule has 10 unspecified atom stereocenters. The summed E-state index contributed by atoms with van der Waals surface area (Å²) in [5.41, 5.74) is 2.16. The molecular weight excluding hydrogens is 777 g/mol. The standard InChI is InChI=1S/C54H50O8/c55-47-51-13-29-21-1-2-22(30(29)14-52(51,48(56)61-47)38-10-9-37(51)43-25-5-6-26(44(38)43)34-18-59-17-33(25)34)42-24-4-3-23(41(21)42)31-15-53-39-11-12-40(54(53,16-32(24)31)50(58)62-49(53)57)46-28-8-7-27(45(39)46)35-19-60-20-36(28)35/h1-12,21-28,33-46H,13-20H2/t21-,22+,23+,24-,25-,26+,27-,28+,33?,34?,35?,36?,37-,38+,39-,40+,41?,42?,43?,44?,45?,46?,51-,52+,53-,54+. The predicted octanol–water partition coefficient (Wildman–Crippen LogP) is 6.40. The molecule has 20 aliphatic carbocycles. The Kier molecular flexibility index (Phi) is 5.42. The molecule has 8 nitrogen and oxygen atoms in total. The number of allylic oxidation sites excluding steroid dienone is 16. The summed E-state index contributed by atoms with van der Waals surface area (Å²) in [7, 11) is 0. The van der Waals surface area contributed by atoms with Gasteiger partial charge in [-0.25, -0.2) is 0 Å². The minimum atomic E-state index is -0.878. The third-order valence-corrected chi connectivity index (χ3v) is 24.0. The molecule has 314 valence electrons. The van der Waals surface area contributed by atoms with Crippen LogP contribution in [0.1, 0.15) is 25.7 Å². The first-order valence-electron chi connectivity index (χ1n) is 24.6. The van der Waals surface area contributed by atoms with Crippen molar-refractivity contribution in [3.8, 4) is 0 Å². The van der Waals surface area contributed by atoms with E-state index in [4.69, 9.17) is 18.9 Å². The first-order chi connectivity index (χ1) is 30.3. The summed E-state index contributed by atoms with van der Waals surface area (Å²) in [6, 6.07) is 0. The van der Waals surface area contributed by atoms with Crippen molar-refractivity contribution in [1.29, 1.82) is 0 Å². The minimum absolute atomic E-state index is 0.0344.